The summed E-state index contributed by atoms with van der Waals surface area (Å²) < 4.78 is 9.84. The molecule has 0 aromatic heterocycles. The molecule has 146 valence electrons. The topological polar surface area (TPSA) is 145 Å². The molecule has 0 radical (unpaired) electrons. The molecule has 0 aliphatic rings. The van der Waals surface area contributed by atoms with Crippen molar-refractivity contribution in [1.29, 1.82) is 0 Å². The van der Waals surface area contributed by atoms with Crippen molar-refractivity contribution < 1.29 is 33.9 Å². The van der Waals surface area contributed by atoms with Gasteiger partial charge in [0.2, 0.25) is 0 Å². The summed E-state index contributed by atoms with van der Waals surface area (Å²) in [6.07, 6.45) is -1.73. The first-order valence-electron chi connectivity index (χ1n) is 8.00. The van der Waals surface area contributed by atoms with E-state index in [-0.39, 0.29) is 18.0 Å². The Bertz CT molecular complexity index is 852. The van der Waals surface area contributed by atoms with Gasteiger partial charge in [-0.2, -0.15) is 0 Å². The minimum absolute atomic E-state index is 0.0285. The molecule has 28 heavy (non-hydrogen) atoms. The number of rotatable bonds is 8. The number of carboxylic acids is 1. The van der Waals surface area contributed by atoms with Gasteiger partial charge in [-0.15, -0.1) is 0 Å². The van der Waals surface area contributed by atoms with Gasteiger partial charge in [-0.1, -0.05) is 30.3 Å². The minimum atomic E-state index is -1.56. The van der Waals surface area contributed by atoms with Crippen LogP contribution in [0.4, 0.5) is 10.5 Å². The van der Waals surface area contributed by atoms with Gasteiger partial charge in [-0.3, -0.25) is 14.9 Å². The molecule has 2 rings (SSSR count). The number of amides is 1. The van der Waals surface area contributed by atoms with Crippen LogP contribution in [0, 0.1) is 10.1 Å². The first-order chi connectivity index (χ1) is 13.3. The Morgan fingerprint density at radius 2 is 1.71 bits per heavy atom. The maximum absolute atomic E-state index is 11.8. The number of aliphatic carboxylic acids is 1. The number of carbonyl (C=O) groups is 3. The van der Waals surface area contributed by atoms with Gasteiger partial charge in [0.05, 0.1) is 11.3 Å². The normalized spacial score (nSPS) is 11.1. The highest BCUT2D eigenvalue weighted by atomic mass is 16.6. The average molecular weight is 388 g/mol. The number of non-ortho nitro benzene ring substituents is 1. The van der Waals surface area contributed by atoms with Crippen molar-refractivity contribution in [1.82, 2.24) is 5.32 Å². The third-order valence-corrected chi connectivity index (χ3v) is 3.46. The van der Waals surface area contributed by atoms with Crippen LogP contribution < -0.4 is 10.1 Å². The first-order valence-corrected chi connectivity index (χ1v) is 8.00. The molecule has 2 aromatic rings. The zero-order chi connectivity index (χ0) is 20.5. The predicted molar refractivity (Wildman–Crippen MR) is 94.5 cm³/mol. The van der Waals surface area contributed by atoms with Gasteiger partial charge in [0.15, 0.2) is 0 Å². The molecule has 0 aliphatic carbocycles. The minimum Gasteiger partial charge on any atom is -0.480 e. The summed E-state index contributed by atoms with van der Waals surface area (Å²) in [5.74, 6) is -2.29. The zero-order valence-corrected chi connectivity index (χ0v) is 14.4. The molecule has 0 bridgehead atoms. The molecular formula is C18H16N2O8. The second-order valence-electron chi connectivity index (χ2n) is 5.53. The molecule has 0 aliphatic heterocycles. The third kappa shape index (κ3) is 6.41. The van der Waals surface area contributed by atoms with Crippen LogP contribution in [0.1, 0.15) is 12.0 Å². The Morgan fingerprint density at radius 1 is 1.07 bits per heavy atom. The molecule has 0 heterocycles. The molecule has 0 unspecified atom stereocenters. The van der Waals surface area contributed by atoms with Crippen molar-refractivity contribution in [3.63, 3.8) is 0 Å². The predicted octanol–water partition coefficient (Wildman–Crippen LogP) is 2.27. The number of nitrogens with one attached hydrogen (secondary N) is 1. The Kier molecular flexibility index (Phi) is 7.03. The number of nitro groups is 1. The maximum atomic E-state index is 11.8. The second kappa shape index (κ2) is 9.67. The summed E-state index contributed by atoms with van der Waals surface area (Å²) in [7, 11) is 0. The number of carboxylic acid groups (broad SMARTS) is 1. The fraction of sp³-hybridized carbons (Fsp3) is 0.167. The lowest BCUT2D eigenvalue weighted by molar-refractivity contribution is -0.384. The van der Waals surface area contributed by atoms with Gasteiger partial charge in [0, 0.05) is 12.1 Å². The number of nitro benzene ring substituents is 1. The van der Waals surface area contributed by atoms with E-state index in [2.05, 4.69) is 0 Å². The Labute approximate surface area is 158 Å². The average Bonchev–Trinajstić information content (AvgIpc) is 2.67. The fourth-order valence-corrected chi connectivity index (χ4v) is 2.08. The molecular weight excluding hydrogens is 372 g/mol. The van der Waals surface area contributed by atoms with E-state index in [1.54, 1.807) is 30.3 Å². The van der Waals surface area contributed by atoms with Crippen molar-refractivity contribution in [3.8, 4) is 5.75 Å². The van der Waals surface area contributed by atoms with Gasteiger partial charge in [0.25, 0.3) is 5.69 Å². The smallest absolute Gasteiger partial charge is 0.413 e. The highest BCUT2D eigenvalue weighted by Gasteiger charge is 2.25. The highest BCUT2D eigenvalue weighted by molar-refractivity contribution is 5.85. The quantitative estimate of drug-likeness (QED) is 0.398. The number of nitrogens with zero attached hydrogens (tertiary/aromatic N) is 1. The van der Waals surface area contributed by atoms with Crippen LogP contribution in [-0.2, 0) is 20.9 Å². The van der Waals surface area contributed by atoms with Gasteiger partial charge < -0.3 is 19.9 Å². The maximum Gasteiger partial charge on any atom is 0.413 e. The van der Waals surface area contributed by atoms with Gasteiger partial charge in [-0.05, 0) is 17.7 Å². The van der Waals surface area contributed by atoms with E-state index in [0.29, 0.717) is 0 Å². The van der Waals surface area contributed by atoms with Gasteiger partial charge in [0.1, 0.15) is 18.4 Å². The summed E-state index contributed by atoms with van der Waals surface area (Å²) in [6, 6.07) is 11.8. The molecule has 0 spiro atoms. The van der Waals surface area contributed by atoms with Gasteiger partial charge in [-0.25, -0.2) is 9.59 Å². The van der Waals surface area contributed by atoms with E-state index in [0.717, 1.165) is 17.7 Å². The Morgan fingerprint density at radius 3 is 2.29 bits per heavy atom. The lowest BCUT2D eigenvalue weighted by Gasteiger charge is -2.14. The van der Waals surface area contributed by atoms with Crippen LogP contribution in [-0.4, -0.2) is 34.1 Å². The third-order valence-electron chi connectivity index (χ3n) is 3.46. The molecule has 0 saturated carbocycles. The zero-order valence-electron chi connectivity index (χ0n) is 14.4. The molecule has 0 saturated heterocycles. The van der Waals surface area contributed by atoms with E-state index < -0.39 is 35.4 Å². The number of hydrogen-bond acceptors (Lipinski definition) is 7. The van der Waals surface area contributed by atoms with Gasteiger partial charge >= 0.3 is 18.0 Å². The summed E-state index contributed by atoms with van der Waals surface area (Å²) >= 11 is 0. The lowest BCUT2D eigenvalue weighted by Crippen LogP contribution is -2.43. The number of carbonyl (C=O) groups excluding carboxylic acids is 2. The number of benzene rings is 2. The largest absolute Gasteiger partial charge is 0.480 e. The van der Waals surface area contributed by atoms with Crippen LogP contribution >= 0.6 is 0 Å². The molecule has 10 heteroatoms. The van der Waals surface area contributed by atoms with Crippen molar-refractivity contribution in [2.45, 2.75) is 19.1 Å². The lowest BCUT2D eigenvalue weighted by atomic mass is 10.2. The molecule has 1 amide bonds. The number of ether oxygens (including phenoxy) is 2. The summed E-state index contributed by atoms with van der Waals surface area (Å²) in [5, 5.41) is 21.8. The van der Waals surface area contributed by atoms with Crippen molar-refractivity contribution >= 4 is 23.7 Å². The van der Waals surface area contributed by atoms with E-state index in [9.17, 15) is 24.5 Å². The molecule has 1 atom stereocenters. The first kappa shape index (κ1) is 20.4. The molecule has 2 aromatic carbocycles. The monoisotopic (exact) mass is 388 g/mol. The SMILES string of the molecule is O=C(C[C@H](NC(=O)Oc1ccc([N+](=O)[O-])cc1)C(=O)O)OCc1ccccc1. The van der Waals surface area contributed by atoms with Crippen molar-refractivity contribution in [2.24, 2.45) is 0 Å². The van der Waals surface area contributed by atoms with E-state index >= 15 is 0 Å². The Hall–Kier alpha value is -3.95. The van der Waals surface area contributed by atoms with E-state index in [1.165, 1.54) is 12.1 Å². The van der Waals surface area contributed by atoms with E-state index in [4.69, 9.17) is 14.6 Å². The van der Waals surface area contributed by atoms with Crippen LogP contribution in [0.2, 0.25) is 0 Å². The second-order valence-corrected chi connectivity index (χ2v) is 5.53. The highest BCUT2D eigenvalue weighted by Crippen LogP contribution is 2.17. The molecule has 2 N–H and O–H groups in total. The van der Waals surface area contributed by atoms with Crippen molar-refractivity contribution in [2.75, 3.05) is 0 Å². The summed E-state index contributed by atoms with van der Waals surface area (Å²) in [4.78, 5) is 44.9. The summed E-state index contributed by atoms with van der Waals surface area (Å²) in [5.41, 5.74) is 0.533. The standard InChI is InChI=1S/C18H16N2O8/c21-16(27-11-12-4-2-1-3-5-12)10-15(17(22)23)19-18(24)28-14-8-6-13(7-9-14)20(25)26/h1-9,15H,10-11H2,(H,19,24)(H,22,23)/t15-/m0/s1. The number of hydrogen-bond donors (Lipinski definition) is 2. The van der Waals surface area contributed by atoms with Crippen molar-refractivity contribution in [3.05, 3.63) is 70.3 Å². The van der Waals surface area contributed by atoms with Crippen LogP contribution in [0.25, 0.3) is 0 Å². The Balaban J connectivity index is 1.87. The van der Waals surface area contributed by atoms with Crippen LogP contribution in [0.5, 0.6) is 5.75 Å². The van der Waals surface area contributed by atoms with Crippen LogP contribution in [0.15, 0.2) is 54.6 Å². The fourth-order valence-electron chi connectivity index (χ4n) is 2.08. The number of esters is 1. The molecule has 10 nitrogen and oxygen atoms in total. The molecule has 0 fully saturated rings. The summed E-state index contributed by atoms with van der Waals surface area (Å²) in [6.45, 7) is -0.0285. The van der Waals surface area contributed by atoms with E-state index in [1.807, 2.05) is 5.32 Å². The van der Waals surface area contributed by atoms with Crippen LogP contribution in [0.3, 0.4) is 0 Å².